The number of Topliss-reactive ketones (excluding diaryl/α,β-unsaturated/α-hetero) is 1. The fourth-order valence-electron chi connectivity index (χ4n) is 2.31. The molecule has 0 N–H and O–H groups in total. The summed E-state index contributed by atoms with van der Waals surface area (Å²) in [5, 5.41) is 0. The lowest BCUT2D eigenvalue weighted by Gasteiger charge is -2.11. The third kappa shape index (κ3) is 1.52. The molecular weight excluding hydrogens is 190 g/mol. The fraction of sp³-hybridized carbons (Fsp3) is 0.500. The Bertz CT molecular complexity index is 471. The Morgan fingerprint density at radius 3 is 2.80 bits per heavy atom. The van der Waals surface area contributed by atoms with E-state index in [9.17, 15) is 9.59 Å². The van der Waals surface area contributed by atoms with Gasteiger partial charge in [0.05, 0.1) is 5.56 Å². The minimum atomic E-state index is -0.128. The second-order valence-electron chi connectivity index (χ2n) is 3.99. The summed E-state index contributed by atoms with van der Waals surface area (Å²) in [6, 6.07) is 1.79. The van der Waals surface area contributed by atoms with Crippen LogP contribution in [0.3, 0.4) is 0 Å². The van der Waals surface area contributed by atoms with Gasteiger partial charge in [-0.2, -0.15) is 0 Å². The standard InChI is InChI=1S/C12H15NO2/c1-3-13-11-6-4-5-9(11)7-10(8(2)14)12(13)15/h7H,3-6H2,1-2H3. The van der Waals surface area contributed by atoms with Crippen molar-refractivity contribution >= 4 is 5.78 Å². The minimum Gasteiger partial charge on any atom is -0.312 e. The van der Waals surface area contributed by atoms with Crippen molar-refractivity contribution in [1.82, 2.24) is 4.57 Å². The summed E-state index contributed by atoms with van der Waals surface area (Å²) < 4.78 is 1.75. The molecule has 0 unspecified atom stereocenters. The molecule has 0 amide bonds. The van der Waals surface area contributed by atoms with Crippen LogP contribution < -0.4 is 5.56 Å². The summed E-state index contributed by atoms with van der Waals surface area (Å²) in [5.41, 5.74) is 2.54. The highest BCUT2D eigenvalue weighted by molar-refractivity contribution is 5.93. The van der Waals surface area contributed by atoms with Crippen molar-refractivity contribution in [1.29, 1.82) is 0 Å². The molecule has 0 radical (unpaired) electrons. The predicted octanol–water partition coefficient (Wildman–Crippen LogP) is 1.56. The van der Waals surface area contributed by atoms with Crippen LogP contribution in [0, 0.1) is 0 Å². The maximum atomic E-state index is 11.9. The molecule has 3 heteroatoms. The van der Waals surface area contributed by atoms with Crippen LogP contribution in [0.1, 0.15) is 41.9 Å². The number of ketones is 1. The van der Waals surface area contributed by atoms with Crippen molar-refractivity contribution in [3.63, 3.8) is 0 Å². The van der Waals surface area contributed by atoms with Crippen LogP contribution in [-0.2, 0) is 19.4 Å². The first-order chi connectivity index (χ1) is 7.15. The Labute approximate surface area is 88.7 Å². The van der Waals surface area contributed by atoms with Gasteiger partial charge in [0, 0.05) is 12.2 Å². The number of hydrogen-bond donors (Lipinski definition) is 0. The molecule has 15 heavy (non-hydrogen) atoms. The lowest BCUT2D eigenvalue weighted by atomic mass is 10.1. The number of aromatic nitrogens is 1. The Kier molecular flexibility index (Phi) is 2.47. The number of nitrogens with zero attached hydrogens (tertiary/aromatic N) is 1. The number of carbonyl (C=O) groups excluding carboxylic acids is 1. The molecular formula is C12H15NO2. The third-order valence-corrected chi connectivity index (χ3v) is 3.05. The molecule has 1 heterocycles. The largest absolute Gasteiger partial charge is 0.312 e. The van der Waals surface area contributed by atoms with E-state index < -0.39 is 0 Å². The zero-order chi connectivity index (χ0) is 11.0. The SMILES string of the molecule is CCn1c2c(cc(C(C)=O)c1=O)CCC2. The Morgan fingerprint density at radius 2 is 2.20 bits per heavy atom. The van der Waals surface area contributed by atoms with E-state index in [0.717, 1.165) is 25.0 Å². The normalized spacial score (nSPS) is 14.0. The van der Waals surface area contributed by atoms with Gasteiger partial charge in [0.1, 0.15) is 0 Å². The smallest absolute Gasteiger partial charge is 0.261 e. The van der Waals surface area contributed by atoms with Crippen molar-refractivity contribution in [2.45, 2.75) is 39.7 Å². The molecule has 0 saturated heterocycles. The van der Waals surface area contributed by atoms with E-state index in [0.29, 0.717) is 12.1 Å². The molecule has 0 fully saturated rings. The molecule has 2 rings (SSSR count). The Hall–Kier alpha value is -1.38. The summed E-state index contributed by atoms with van der Waals surface area (Å²) in [4.78, 5) is 23.3. The van der Waals surface area contributed by atoms with E-state index in [1.165, 1.54) is 12.5 Å². The molecule has 80 valence electrons. The van der Waals surface area contributed by atoms with Crippen molar-refractivity contribution in [2.24, 2.45) is 0 Å². The third-order valence-electron chi connectivity index (χ3n) is 3.05. The molecule has 0 bridgehead atoms. The molecule has 1 aromatic heterocycles. The van der Waals surface area contributed by atoms with E-state index >= 15 is 0 Å². The van der Waals surface area contributed by atoms with Crippen LogP contribution in [0.2, 0.25) is 0 Å². The molecule has 3 nitrogen and oxygen atoms in total. The molecule has 0 atom stereocenters. The van der Waals surface area contributed by atoms with Crippen molar-refractivity contribution in [3.05, 3.63) is 33.2 Å². The van der Waals surface area contributed by atoms with E-state index in [-0.39, 0.29) is 11.3 Å². The summed E-state index contributed by atoms with van der Waals surface area (Å²) in [5.74, 6) is -0.128. The summed E-state index contributed by atoms with van der Waals surface area (Å²) in [6.45, 7) is 4.06. The zero-order valence-electron chi connectivity index (χ0n) is 9.17. The zero-order valence-corrected chi connectivity index (χ0v) is 9.17. The van der Waals surface area contributed by atoms with E-state index in [4.69, 9.17) is 0 Å². The highest BCUT2D eigenvalue weighted by Gasteiger charge is 2.19. The van der Waals surface area contributed by atoms with Crippen molar-refractivity contribution < 1.29 is 4.79 Å². The lowest BCUT2D eigenvalue weighted by molar-refractivity contribution is 0.101. The second-order valence-corrected chi connectivity index (χ2v) is 3.99. The van der Waals surface area contributed by atoms with Crippen molar-refractivity contribution in [3.8, 4) is 0 Å². The van der Waals surface area contributed by atoms with Crippen LogP contribution in [0.15, 0.2) is 10.9 Å². The number of aryl methyl sites for hydroxylation is 1. The highest BCUT2D eigenvalue weighted by atomic mass is 16.1. The van der Waals surface area contributed by atoms with Crippen LogP contribution in [0.5, 0.6) is 0 Å². The maximum absolute atomic E-state index is 11.9. The molecule has 1 aliphatic rings. The highest BCUT2D eigenvalue weighted by Crippen LogP contribution is 2.21. The molecule has 1 aromatic rings. The van der Waals surface area contributed by atoms with Crippen LogP contribution >= 0.6 is 0 Å². The first kappa shape index (κ1) is 10.1. The molecule has 0 saturated carbocycles. The summed E-state index contributed by atoms with van der Waals surface area (Å²) >= 11 is 0. The van der Waals surface area contributed by atoms with Crippen LogP contribution in [0.25, 0.3) is 0 Å². The molecule has 0 aliphatic heterocycles. The topological polar surface area (TPSA) is 39.1 Å². The van der Waals surface area contributed by atoms with Gasteiger partial charge < -0.3 is 4.57 Å². The first-order valence-electron chi connectivity index (χ1n) is 5.41. The first-order valence-corrected chi connectivity index (χ1v) is 5.41. The number of rotatable bonds is 2. The number of carbonyl (C=O) groups is 1. The van der Waals surface area contributed by atoms with Crippen LogP contribution in [-0.4, -0.2) is 10.4 Å². The van der Waals surface area contributed by atoms with Gasteiger partial charge in [-0.25, -0.2) is 0 Å². The van der Waals surface area contributed by atoms with Crippen molar-refractivity contribution in [2.75, 3.05) is 0 Å². The van der Waals surface area contributed by atoms with Gasteiger partial charge in [0.15, 0.2) is 5.78 Å². The van der Waals surface area contributed by atoms with Crippen LogP contribution in [0.4, 0.5) is 0 Å². The monoisotopic (exact) mass is 205 g/mol. The number of hydrogen-bond acceptors (Lipinski definition) is 2. The number of pyridine rings is 1. The average Bonchev–Trinajstić information content (AvgIpc) is 2.64. The fourth-order valence-corrected chi connectivity index (χ4v) is 2.31. The second kappa shape index (κ2) is 3.65. The maximum Gasteiger partial charge on any atom is 0.261 e. The van der Waals surface area contributed by atoms with Gasteiger partial charge in [-0.3, -0.25) is 9.59 Å². The van der Waals surface area contributed by atoms with Gasteiger partial charge in [-0.1, -0.05) is 0 Å². The van der Waals surface area contributed by atoms with E-state index in [2.05, 4.69) is 0 Å². The van der Waals surface area contributed by atoms with Gasteiger partial charge in [-0.05, 0) is 44.7 Å². The summed E-state index contributed by atoms with van der Waals surface area (Å²) in [7, 11) is 0. The number of fused-ring (bicyclic) bond motifs is 1. The van der Waals surface area contributed by atoms with Gasteiger partial charge in [-0.15, -0.1) is 0 Å². The molecule has 1 aliphatic carbocycles. The van der Waals surface area contributed by atoms with Gasteiger partial charge in [0.25, 0.3) is 5.56 Å². The summed E-state index contributed by atoms with van der Waals surface area (Å²) in [6.07, 6.45) is 3.06. The van der Waals surface area contributed by atoms with E-state index in [1.807, 2.05) is 6.92 Å². The van der Waals surface area contributed by atoms with Gasteiger partial charge in [0.2, 0.25) is 0 Å². The Balaban J connectivity index is 2.73. The molecule has 0 spiro atoms. The predicted molar refractivity (Wildman–Crippen MR) is 58.4 cm³/mol. The average molecular weight is 205 g/mol. The molecule has 0 aromatic carbocycles. The minimum absolute atomic E-state index is 0.120. The van der Waals surface area contributed by atoms with Gasteiger partial charge >= 0.3 is 0 Å². The van der Waals surface area contributed by atoms with E-state index in [1.54, 1.807) is 10.6 Å². The quantitative estimate of drug-likeness (QED) is 0.687. The lowest BCUT2D eigenvalue weighted by Crippen LogP contribution is -2.27. The Morgan fingerprint density at radius 1 is 1.47 bits per heavy atom.